The van der Waals surface area contributed by atoms with Crippen molar-refractivity contribution in [1.82, 2.24) is 0 Å². The molecule has 0 saturated heterocycles. The van der Waals surface area contributed by atoms with Crippen molar-refractivity contribution in [1.29, 1.82) is 0 Å². The zero-order valence-corrected chi connectivity index (χ0v) is 35.0. The van der Waals surface area contributed by atoms with Gasteiger partial charge in [0.25, 0.3) is 0 Å². The van der Waals surface area contributed by atoms with E-state index in [-0.39, 0.29) is 5.41 Å². The van der Waals surface area contributed by atoms with E-state index >= 15 is 0 Å². The van der Waals surface area contributed by atoms with E-state index < -0.39 is 0 Å². The predicted molar refractivity (Wildman–Crippen MR) is 263 cm³/mol. The first-order valence-electron chi connectivity index (χ1n) is 21.6. The average molecular weight is 792 g/mol. The lowest BCUT2D eigenvalue weighted by Gasteiger charge is -2.30. The SMILES string of the molecule is CC1(C)c2ccccc2-c2c(-c3ccc(N(c4ccccc4-c4ccc(-c5ccccc5)cc4)c4ccccc4-c4ccc(-c5ccc6ccccc6c5)cc4)cc3)cccc21. The highest BCUT2D eigenvalue weighted by atomic mass is 15.1. The number of benzene rings is 10. The molecular formula is C61H45N. The fourth-order valence-corrected chi connectivity index (χ4v) is 9.70. The van der Waals surface area contributed by atoms with Crippen molar-refractivity contribution in [2.24, 2.45) is 0 Å². The Morgan fingerprint density at radius 3 is 1.39 bits per heavy atom. The molecule has 10 aromatic rings. The zero-order valence-electron chi connectivity index (χ0n) is 35.0. The highest BCUT2D eigenvalue weighted by molar-refractivity contribution is 5.96. The molecule has 0 saturated carbocycles. The van der Waals surface area contributed by atoms with Gasteiger partial charge < -0.3 is 4.90 Å². The van der Waals surface area contributed by atoms with Gasteiger partial charge >= 0.3 is 0 Å². The number of rotatable bonds is 8. The molecule has 0 amide bonds. The maximum atomic E-state index is 2.45. The van der Waals surface area contributed by atoms with Gasteiger partial charge in [0.15, 0.2) is 0 Å². The number of hydrogen-bond donors (Lipinski definition) is 0. The second-order valence-corrected chi connectivity index (χ2v) is 16.9. The van der Waals surface area contributed by atoms with Crippen LogP contribution in [-0.4, -0.2) is 0 Å². The molecule has 1 aliphatic carbocycles. The quantitative estimate of drug-likeness (QED) is 0.148. The fourth-order valence-electron chi connectivity index (χ4n) is 9.70. The molecule has 1 nitrogen and oxygen atoms in total. The van der Waals surface area contributed by atoms with Crippen LogP contribution in [0.4, 0.5) is 17.1 Å². The van der Waals surface area contributed by atoms with E-state index in [0.717, 1.165) is 33.8 Å². The number of nitrogens with zero attached hydrogens (tertiary/aromatic N) is 1. The molecule has 0 aliphatic heterocycles. The Morgan fingerprint density at radius 1 is 0.290 bits per heavy atom. The molecule has 0 radical (unpaired) electrons. The summed E-state index contributed by atoms with van der Waals surface area (Å²) in [5, 5.41) is 2.50. The Hall–Kier alpha value is -7.74. The van der Waals surface area contributed by atoms with Crippen LogP contribution < -0.4 is 4.90 Å². The fraction of sp³-hybridized carbons (Fsp3) is 0.0492. The standard InChI is InChI=1S/C61H45N/c1-61(2)56-23-11-8-21-55(56)60-54(22-14-24-57(60)61)48-37-39-51(40-38-48)62(58-25-12-9-19-52(58)46-32-27-44(28-33-46)42-15-4-3-5-16-42)59-26-13-10-20-53(59)47-34-29-45(30-35-47)50-36-31-43-17-6-7-18-49(43)41-50/h3-41H,1-2H3. The van der Waals surface area contributed by atoms with Crippen molar-refractivity contribution in [2.45, 2.75) is 19.3 Å². The highest BCUT2D eigenvalue weighted by Gasteiger charge is 2.36. The number of anilines is 3. The predicted octanol–water partition coefficient (Wildman–Crippen LogP) is 17.0. The van der Waals surface area contributed by atoms with Crippen LogP contribution in [0.1, 0.15) is 25.0 Å². The first-order chi connectivity index (χ1) is 30.5. The van der Waals surface area contributed by atoms with Gasteiger partial charge in [0.1, 0.15) is 0 Å². The maximum Gasteiger partial charge on any atom is 0.0540 e. The Bertz CT molecular complexity index is 3230. The van der Waals surface area contributed by atoms with Crippen molar-refractivity contribution in [3.8, 4) is 66.8 Å². The highest BCUT2D eigenvalue weighted by Crippen LogP contribution is 2.52. The minimum Gasteiger partial charge on any atom is -0.309 e. The van der Waals surface area contributed by atoms with Crippen LogP contribution in [0.15, 0.2) is 237 Å². The van der Waals surface area contributed by atoms with Gasteiger partial charge in [0.2, 0.25) is 0 Å². The van der Waals surface area contributed by atoms with Gasteiger partial charge in [-0.15, -0.1) is 0 Å². The van der Waals surface area contributed by atoms with Crippen LogP contribution in [0.2, 0.25) is 0 Å². The van der Waals surface area contributed by atoms with Gasteiger partial charge in [-0.3, -0.25) is 0 Å². The van der Waals surface area contributed by atoms with Crippen molar-refractivity contribution >= 4 is 27.8 Å². The van der Waals surface area contributed by atoms with Gasteiger partial charge in [0.05, 0.1) is 11.4 Å². The van der Waals surface area contributed by atoms with E-state index in [2.05, 4.69) is 255 Å². The molecule has 0 heterocycles. The normalized spacial score (nSPS) is 12.5. The molecule has 0 atom stereocenters. The second kappa shape index (κ2) is 15.4. The maximum absolute atomic E-state index is 2.45. The Balaban J connectivity index is 1.04. The molecule has 0 aromatic heterocycles. The lowest BCUT2D eigenvalue weighted by atomic mass is 9.82. The van der Waals surface area contributed by atoms with Gasteiger partial charge in [-0.2, -0.15) is 0 Å². The van der Waals surface area contributed by atoms with E-state index in [0.29, 0.717) is 0 Å². The summed E-state index contributed by atoms with van der Waals surface area (Å²) in [7, 11) is 0. The molecule has 0 unspecified atom stereocenters. The summed E-state index contributed by atoms with van der Waals surface area (Å²) in [6.45, 7) is 4.70. The third-order valence-electron chi connectivity index (χ3n) is 12.9. The Labute approximate surface area is 364 Å². The topological polar surface area (TPSA) is 3.24 Å². The van der Waals surface area contributed by atoms with E-state index in [4.69, 9.17) is 0 Å². The minimum absolute atomic E-state index is 0.0565. The minimum atomic E-state index is -0.0565. The molecule has 1 aliphatic rings. The largest absolute Gasteiger partial charge is 0.309 e. The molecule has 1 heteroatoms. The Kier molecular flexibility index (Phi) is 9.24. The van der Waals surface area contributed by atoms with Crippen molar-refractivity contribution in [3.63, 3.8) is 0 Å². The summed E-state index contributed by atoms with van der Waals surface area (Å²) >= 11 is 0. The third-order valence-corrected chi connectivity index (χ3v) is 12.9. The lowest BCUT2D eigenvalue weighted by Crippen LogP contribution is -2.14. The third kappa shape index (κ3) is 6.51. The molecule has 0 fully saturated rings. The van der Waals surface area contributed by atoms with Crippen LogP contribution >= 0.6 is 0 Å². The van der Waals surface area contributed by atoms with Crippen LogP contribution in [-0.2, 0) is 5.41 Å². The molecule has 0 spiro atoms. The molecule has 0 N–H and O–H groups in total. The van der Waals surface area contributed by atoms with Crippen LogP contribution in [0, 0.1) is 0 Å². The molecule has 294 valence electrons. The van der Waals surface area contributed by atoms with E-state index in [9.17, 15) is 0 Å². The molecule has 11 rings (SSSR count). The van der Waals surface area contributed by atoms with Gasteiger partial charge in [-0.25, -0.2) is 0 Å². The van der Waals surface area contributed by atoms with Crippen molar-refractivity contribution in [2.75, 3.05) is 4.90 Å². The average Bonchev–Trinajstić information content (AvgIpc) is 3.58. The number of fused-ring (bicyclic) bond motifs is 4. The van der Waals surface area contributed by atoms with Crippen LogP contribution in [0.25, 0.3) is 77.5 Å². The molecular weight excluding hydrogens is 747 g/mol. The second-order valence-electron chi connectivity index (χ2n) is 16.9. The van der Waals surface area contributed by atoms with Gasteiger partial charge in [-0.05, 0) is 108 Å². The monoisotopic (exact) mass is 791 g/mol. The molecule has 10 aromatic carbocycles. The summed E-state index contributed by atoms with van der Waals surface area (Å²) in [6.07, 6.45) is 0. The zero-order chi connectivity index (χ0) is 41.6. The summed E-state index contributed by atoms with van der Waals surface area (Å²) in [4.78, 5) is 2.45. The van der Waals surface area contributed by atoms with Gasteiger partial charge in [-0.1, -0.05) is 220 Å². The summed E-state index contributed by atoms with van der Waals surface area (Å²) in [5.74, 6) is 0. The van der Waals surface area contributed by atoms with Crippen molar-refractivity contribution < 1.29 is 0 Å². The molecule has 62 heavy (non-hydrogen) atoms. The van der Waals surface area contributed by atoms with Crippen LogP contribution in [0.5, 0.6) is 0 Å². The van der Waals surface area contributed by atoms with Gasteiger partial charge in [0, 0.05) is 22.2 Å². The summed E-state index contributed by atoms with van der Waals surface area (Å²) in [6, 6.07) is 86.6. The van der Waals surface area contributed by atoms with Crippen LogP contribution in [0.3, 0.4) is 0 Å². The number of hydrogen-bond acceptors (Lipinski definition) is 1. The summed E-state index contributed by atoms with van der Waals surface area (Å²) < 4.78 is 0. The lowest BCUT2D eigenvalue weighted by molar-refractivity contribution is 0.660. The van der Waals surface area contributed by atoms with E-state index in [1.54, 1.807) is 0 Å². The van der Waals surface area contributed by atoms with E-state index in [1.165, 1.54) is 72.0 Å². The summed E-state index contributed by atoms with van der Waals surface area (Å²) in [5.41, 5.74) is 20.7. The Morgan fingerprint density at radius 2 is 0.726 bits per heavy atom. The smallest absolute Gasteiger partial charge is 0.0540 e. The van der Waals surface area contributed by atoms with Crippen molar-refractivity contribution in [3.05, 3.63) is 248 Å². The molecule has 0 bridgehead atoms. The number of para-hydroxylation sites is 2. The van der Waals surface area contributed by atoms with E-state index in [1.807, 2.05) is 0 Å². The first-order valence-corrected chi connectivity index (χ1v) is 21.6. The first kappa shape index (κ1) is 37.3.